The molecule has 0 N–H and O–H groups in total. The van der Waals surface area contributed by atoms with Crippen molar-refractivity contribution in [2.24, 2.45) is 0 Å². The SMILES string of the molecule is CCOC(=O)C1(OC(=O)Cc2cc(C)c(-c3ccc(Cl)cc3)cc2C)CCOCC1. The van der Waals surface area contributed by atoms with Gasteiger partial charge in [0.1, 0.15) is 0 Å². The van der Waals surface area contributed by atoms with E-state index in [0.29, 0.717) is 31.1 Å². The Balaban J connectivity index is 1.78. The second kappa shape index (κ2) is 9.63. The summed E-state index contributed by atoms with van der Waals surface area (Å²) in [6.07, 6.45) is 0.714. The van der Waals surface area contributed by atoms with Gasteiger partial charge in [0.05, 0.1) is 26.2 Å². The van der Waals surface area contributed by atoms with Crippen LogP contribution in [-0.2, 0) is 30.2 Å². The summed E-state index contributed by atoms with van der Waals surface area (Å²) >= 11 is 5.99. The standard InChI is InChI=1S/C24H27ClO5/c1-4-29-23(27)24(9-11-28-12-10-24)30-22(26)15-19-13-17(3)21(14-16(19)2)18-5-7-20(25)8-6-18/h5-8,13-14H,4,9-12,15H2,1-3H3. The van der Waals surface area contributed by atoms with Crippen LogP contribution in [0.2, 0.25) is 5.02 Å². The fourth-order valence-electron chi connectivity index (χ4n) is 3.73. The number of rotatable bonds is 6. The van der Waals surface area contributed by atoms with Crippen LogP contribution in [0.5, 0.6) is 0 Å². The molecular formula is C24H27ClO5. The normalized spacial score (nSPS) is 15.5. The lowest BCUT2D eigenvalue weighted by molar-refractivity contribution is -0.192. The number of aryl methyl sites for hydroxylation is 2. The van der Waals surface area contributed by atoms with Gasteiger partial charge in [-0.1, -0.05) is 35.9 Å². The van der Waals surface area contributed by atoms with Crippen LogP contribution >= 0.6 is 11.6 Å². The van der Waals surface area contributed by atoms with Crippen molar-refractivity contribution < 1.29 is 23.8 Å². The highest BCUT2D eigenvalue weighted by atomic mass is 35.5. The topological polar surface area (TPSA) is 61.8 Å². The molecule has 1 aliphatic heterocycles. The zero-order chi connectivity index (χ0) is 21.7. The highest BCUT2D eigenvalue weighted by Crippen LogP contribution is 2.30. The quantitative estimate of drug-likeness (QED) is 0.615. The van der Waals surface area contributed by atoms with Gasteiger partial charge in [-0.3, -0.25) is 4.79 Å². The number of ether oxygens (including phenoxy) is 3. The minimum Gasteiger partial charge on any atom is -0.463 e. The number of carbonyl (C=O) groups is 2. The second-order valence-electron chi connectivity index (χ2n) is 7.58. The van der Waals surface area contributed by atoms with E-state index < -0.39 is 17.5 Å². The van der Waals surface area contributed by atoms with E-state index in [9.17, 15) is 9.59 Å². The molecule has 6 heteroatoms. The molecule has 160 valence electrons. The van der Waals surface area contributed by atoms with Gasteiger partial charge in [0.2, 0.25) is 5.60 Å². The first-order chi connectivity index (χ1) is 14.3. The van der Waals surface area contributed by atoms with Gasteiger partial charge in [-0.2, -0.15) is 0 Å². The van der Waals surface area contributed by atoms with Crippen LogP contribution in [0.15, 0.2) is 36.4 Å². The molecule has 2 aromatic rings. The van der Waals surface area contributed by atoms with Crippen LogP contribution < -0.4 is 0 Å². The first-order valence-electron chi connectivity index (χ1n) is 10.2. The third-order valence-electron chi connectivity index (χ3n) is 5.43. The summed E-state index contributed by atoms with van der Waals surface area (Å²) in [6, 6.07) is 11.7. The first-order valence-corrected chi connectivity index (χ1v) is 10.6. The lowest BCUT2D eigenvalue weighted by Crippen LogP contribution is -2.49. The molecule has 1 aliphatic rings. The van der Waals surface area contributed by atoms with Gasteiger partial charge in [-0.05, 0) is 60.7 Å². The monoisotopic (exact) mass is 430 g/mol. The molecular weight excluding hydrogens is 404 g/mol. The second-order valence-corrected chi connectivity index (χ2v) is 8.01. The Labute approximate surface area is 182 Å². The zero-order valence-corrected chi connectivity index (χ0v) is 18.4. The Morgan fingerprint density at radius 3 is 2.37 bits per heavy atom. The van der Waals surface area contributed by atoms with E-state index in [1.807, 2.05) is 44.2 Å². The molecule has 1 saturated heterocycles. The van der Waals surface area contributed by atoms with Crippen molar-refractivity contribution in [2.45, 2.75) is 45.6 Å². The number of benzene rings is 2. The molecule has 0 radical (unpaired) electrons. The molecule has 0 bridgehead atoms. The van der Waals surface area contributed by atoms with Gasteiger partial charge in [-0.15, -0.1) is 0 Å². The third kappa shape index (κ3) is 5.02. The number of esters is 2. The molecule has 0 spiro atoms. The predicted octanol–water partition coefficient (Wildman–Crippen LogP) is 4.82. The summed E-state index contributed by atoms with van der Waals surface area (Å²) in [7, 11) is 0. The molecule has 1 fully saturated rings. The van der Waals surface area contributed by atoms with Crippen LogP contribution in [-0.4, -0.2) is 37.4 Å². The molecule has 0 saturated carbocycles. The van der Waals surface area contributed by atoms with Crippen molar-refractivity contribution in [3.05, 3.63) is 58.1 Å². The Kier molecular flexibility index (Phi) is 7.16. The lowest BCUT2D eigenvalue weighted by atomic mass is 9.93. The summed E-state index contributed by atoms with van der Waals surface area (Å²) in [6.45, 7) is 6.68. The maximum Gasteiger partial charge on any atom is 0.350 e. The first kappa shape index (κ1) is 22.3. The molecule has 0 aliphatic carbocycles. The Bertz CT molecular complexity index is 914. The molecule has 0 unspecified atom stereocenters. The fourth-order valence-corrected chi connectivity index (χ4v) is 3.85. The number of hydrogen-bond acceptors (Lipinski definition) is 5. The highest BCUT2D eigenvalue weighted by Gasteiger charge is 2.45. The number of halogens is 1. The zero-order valence-electron chi connectivity index (χ0n) is 17.6. The van der Waals surface area contributed by atoms with Gasteiger partial charge < -0.3 is 14.2 Å². The summed E-state index contributed by atoms with van der Waals surface area (Å²) in [5.74, 6) is -0.931. The summed E-state index contributed by atoms with van der Waals surface area (Å²) in [5.41, 5.74) is 3.82. The Hall–Kier alpha value is -2.37. The summed E-state index contributed by atoms with van der Waals surface area (Å²) < 4.78 is 16.2. The van der Waals surface area contributed by atoms with E-state index in [0.717, 1.165) is 27.8 Å². The average molecular weight is 431 g/mol. The van der Waals surface area contributed by atoms with Crippen molar-refractivity contribution >= 4 is 23.5 Å². The van der Waals surface area contributed by atoms with E-state index in [1.54, 1.807) is 6.92 Å². The molecule has 30 heavy (non-hydrogen) atoms. The molecule has 0 amide bonds. The van der Waals surface area contributed by atoms with Crippen molar-refractivity contribution in [2.75, 3.05) is 19.8 Å². The van der Waals surface area contributed by atoms with Gasteiger partial charge in [0.15, 0.2) is 0 Å². The summed E-state index contributed by atoms with van der Waals surface area (Å²) in [4.78, 5) is 25.3. The average Bonchev–Trinajstić information content (AvgIpc) is 2.72. The molecule has 3 rings (SSSR count). The predicted molar refractivity (Wildman–Crippen MR) is 116 cm³/mol. The van der Waals surface area contributed by atoms with Crippen LogP contribution in [0.4, 0.5) is 0 Å². The minimum absolute atomic E-state index is 0.0928. The van der Waals surface area contributed by atoms with Gasteiger partial charge in [0, 0.05) is 17.9 Å². The van der Waals surface area contributed by atoms with E-state index in [1.165, 1.54) is 0 Å². The maximum atomic E-state index is 12.8. The molecule has 0 atom stereocenters. The van der Waals surface area contributed by atoms with Crippen LogP contribution in [0.3, 0.4) is 0 Å². The largest absolute Gasteiger partial charge is 0.463 e. The Morgan fingerprint density at radius 1 is 1.07 bits per heavy atom. The van der Waals surface area contributed by atoms with E-state index in [-0.39, 0.29) is 13.0 Å². The van der Waals surface area contributed by atoms with Crippen molar-refractivity contribution in [3.8, 4) is 11.1 Å². The minimum atomic E-state index is -1.25. The molecule has 5 nitrogen and oxygen atoms in total. The Morgan fingerprint density at radius 2 is 1.73 bits per heavy atom. The van der Waals surface area contributed by atoms with E-state index >= 15 is 0 Å². The molecule has 2 aromatic carbocycles. The van der Waals surface area contributed by atoms with Crippen molar-refractivity contribution in [1.29, 1.82) is 0 Å². The van der Waals surface area contributed by atoms with Crippen molar-refractivity contribution in [1.82, 2.24) is 0 Å². The summed E-state index contributed by atoms with van der Waals surface area (Å²) in [5, 5.41) is 0.691. The highest BCUT2D eigenvalue weighted by molar-refractivity contribution is 6.30. The fraction of sp³-hybridized carbons (Fsp3) is 0.417. The van der Waals surface area contributed by atoms with Gasteiger partial charge in [0.25, 0.3) is 0 Å². The van der Waals surface area contributed by atoms with Gasteiger partial charge in [-0.25, -0.2) is 4.79 Å². The van der Waals surface area contributed by atoms with Crippen molar-refractivity contribution in [3.63, 3.8) is 0 Å². The molecule has 0 aromatic heterocycles. The van der Waals surface area contributed by atoms with Gasteiger partial charge >= 0.3 is 11.9 Å². The smallest absolute Gasteiger partial charge is 0.350 e. The number of carbonyl (C=O) groups excluding carboxylic acids is 2. The van der Waals surface area contributed by atoms with E-state index in [2.05, 4.69) is 6.07 Å². The third-order valence-corrected chi connectivity index (χ3v) is 5.68. The molecule has 1 heterocycles. The van der Waals surface area contributed by atoms with Crippen LogP contribution in [0.1, 0.15) is 36.5 Å². The van der Waals surface area contributed by atoms with Crippen LogP contribution in [0, 0.1) is 13.8 Å². The van der Waals surface area contributed by atoms with Crippen LogP contribution in [0.25, 0.3) is 11.1 Å². The maximum absolute atomic E-state index is 12.8. The number of hydrogen-bond donors (Lipinski definition) is 0. The van der Waals surface area contributed by atoms with E-state index in [4.69, 9.17) is 25.8 Å². The lowest BCUT2D eigenvalue weighted by Gasteiger charge is -2.34.